The third kappa shape index (κ3) is 4.42. The number of pyridine rings is 1. The number of carbonyl (C=O) groups is 1. The zero-order valence-electron chi connectivity index (χ0n) is 17.7. The van der Waals surface area contributed by atoms with Crippen LogP contribution in [0.5, 0.6) is 11.5 Å². The molecule has 0 bridgehead atoms. The molecule has 0 saturated carbocycles. The number of aryl methyl sites for hydroxylation is 1. The molecule has 0 unspecified atom stereocenters. The number of ether oxygens (including phenoxy) is 2. The Bertz CT molecular complexity index is 1360. The van der Waals surface area contributed by atoms with Gasteiger partial charge in [-0.25, -0.2) is 0 Å². The highest BCUT2D eigenvalue weighted by atomic mass is 32.2. The van der Waals surface area contributed by atoms with Crippen molar-refractivity contribution in [2.45, 2.75) is 18.4 Å². The van der Waals surface area contributed by atoms with Gasteiger partial charge in [0.25, 0.3) is 0 Å². The van der Waals surface area contributed by atoms with Crippen LogP contribution in [0.15, 0.2) is 72.1 Å². The number of nitrogens with zero attached hydrogens (tertiary/aromatic N) is 4. The summed E-state index contributed by atoms with van der Waals surface area (Å²) in [5.41, 5.74) is 2.98. The summed E-state index contributed by atoms with van der Waals surface area (Å²) in [6.45, 7) is 1.98. The Morgan fingerprint density at radius 2 is 1.91 bits per heavy atom. The van der Waals surface area contributed by atoms with Crippen LogP contribution >= 0.6 is 11.8 Å². The Hall–Kier alpha value is -3.99. The van der Waals surface area contributed by atoms with E-state index in [0.717, 1.165) is 16.8 Å². The van der Waals surface area contributed by atoms with Gasteiger partial charge in [0, 0.05) is 29.7 Å². The highest BCUT2D eigenvalue weighted by molar-refractivity contribution is 7.99. The van der Waals surface area contributed by atoms with E-state index in [0.29, 0.717) is 16.7 Å². The summed E-state index contributed by atoms with van der Waals surface area (Å²) < 4.78 is 37.1. The predicted octanol–water partition coefficient (Wildman–Crippen LogP) is 4.69. The lowest BCUT2D eigenvalue weighted by Crippen LogP contribution is -2.25. The van der Waals surface area contributed by atoms with Crippen molar-refractivity contribution in [3.63, 3.8) is 0 Å². The lowest BCUT2D eigenvalue weighted by molar-refractivity contribution is -0.286. The number of carbonyl (C=O) groups excluding carboxylic acids is 1. The summed E-state index contributed by atoms with van der Waals surface area (Å²) in [5.74, 6) is 0.0316. The second kappa shape index (κ2) is 8.75. The number of halogens is 2. The quantitative estimate of drug-likeness (QED) is 0.400. The summed E-state index contributed by atoms with van der Waals surface area (Å²) >= 11 is 1.20. The average molecular weight is 481 g/mol. The first-order valence-electron chi connectivity index (χ1n) is 10.1. The standard InChI is InChI=1S/C23H17F2N5O3S/c1-14-5-2-3-7-17(14)30-21(15-6-4-10-26-12-15)28-29-22(30)34-13-20(31)27-16-8-9-18-19(11-16)33-23(24,25)32-18/h2-12H,13H2,1H3,(H,27,31). The number of alkyl halides is 2. The number of aromatic nitrogens is 4. The molecule has 4 aromatic rings. The van der Waals surface area contributed by atoms with Crippen LogP contribution in [-0.4, -0.2) is 37.7 Å². The van der Waals surface area contributed by atoms with E-state index in [1.807, 2.05) is 47.9 Å². The fourth-order valence-corrected chi connectivity index (χ4v) is 4.18. The number of thioether (sulfide) groups is 1. The van der Waals surface area contributed by atoms with Crippen LogP contribution in [0.4, 0.5) is 14.5 Å². The molecule has 1 aliphatic rings. The van der Waals surface area contributed by atoms with E-state index in [1.165, 1.54) is 30.0 Å². The summed E-state index contributed by atoms with van der Waals surface area (Å²) in [6, 6.07) is 15.5. The van der Waals surface area contributed by atoms with Crippen LogP contribution in [0, 0.1) is 6.92 Å². The first-order chi connectivity index (χ1) is 16.4. The SMILES string of the molecule is Cc1ccccc1-n1c(SCC(=O)Nc2ccc3c(c2)OC(F)(F)O3)nnc1-c1cccnc1. The Balaban J connectivity index is 1.36. The number of para-hydroxylation sites is 1. The predicted molar refractivity (Wildman–Crippen MR) is 121 cm³/mol. The second-order valence-electron chi connectivity index (χ2n) is 7.34. The number of fused-ring (bicyclic) bond motifs is 1. The van der Waals surface area contributed by atoms with E-state index < -0.39 is 6.29 Å². The molecule has 2 aromatic heterocycles. The number of rotatable bonds is 6. The topological polar surface area (TPSA) is 91.2 Å². The van der Waals surface area contributed by atoms with Crippen molar-refractivity contribution in [3.05, 3.63) is 72.6 Å². The molecule has 34 heavy (non-hydrogen) atoms. The monoisotopic (exact) mass is 481 g/mol. The largest absolute Gasteiger partial charge is 0.586 e. The number of benzene rings is 2. The van der Waals surface area contributed by atoms with E-state index in [1.54, 1.807) is 12.4 Å². The van der Waals surface area contributed by atoms with E-state index in [2.05, 4.69) is 30.0 Å². The van der Waals surface area contributed by atoms with Gasteiger partial charge in [0.15, 0.2) is 22.5 Å². The molecule has 1 N–H and O–H groups in total. The number of amides is 1. The van der Waals surface area contributed by atoms with Gasteiger partial charge in [0.1, 0.15) is 0 Å². The van der Waals surface area contributed by atoms with Crippen molar-refractivity contribution in [1.29, 1.82) is 0 Å². The molecule has 2 aromatic carbocycles. The van der Waals surface area contributed by atoms with Gasteiger partial charge in [-0.1, -0.05) is 30.0 Å². The molecule has 0 fully saturated rings. The highest BCUT2D eigenvalue weighted by Gasteiger charge is 2.43. The van der Waals surface area contributed by atoms with E-state index in [-0.39, 0.29) is 23.2 Å². The third-order valence-corrected chi connectivity index (χ3v) is 5.86. The molecule has 172 valence electrons. The van der Waals surface area contributed by atoms with Crippen molar-refractivity contribution in [2.24, 2.45) is 0 Å². The maximum atomic E-state index is 13.2. The normalized spacial score (nSPS) is 13.6. The molecule has 3 heterocycles. The fourth-order valence-electron chi connectivity index (χ4n) is 3.43. The molecular formula is C23H17F2N5O3S. The van der Waals surface area contributed by atoms with Crippen molar-refractivity contribution >= 4 is 23.4 Å². The summed E-state index contributed by atoms with van der Waals surface area (Å²) in [7, 11) is 0. The second-order valence-corrected chi connectivity index (χ2v) is 8.28. The first kappa shape index (κ1) is 21.8. The lowest BCUT2D eigenvalue weighted by Gasteiger charge is -2.12. The molecule has 0 aliphatic carbocycles. The number of nitrogens with one attached hydrogen (secondary N) is 1. The maximum absolute atomic E-state index is 13.2. The molecule has 0 atom stereocenters. The van der Waals surface area contributed by atoms with E-state index >= 15 is 0 Å². The molecule has 1 aliphatic heterocycles. The van der Waals surface area contributed by atoms with Gasteiger partial charge in [-0.15, -0.1) is 19.0 Å². The highest BCUT2D eigenvalue weighted by Crippen LogP contribution is 2.42. The number of anilines is 1. The Kier molecular flexibility index (Phi) is 5.62. The minimum absolute atomic E-state index is 0.0155. The van der Waals surface area contributed by atoms with Crippen molar-refractivity contribution < 1.29 is 23.0 Å². The van der Waals surface area contributed by atoms with Crippen LogP contribution in [0.1, 0.15) is 5.56 Å². The summed E-state index contributed by atoms with van der Waals surface area (Å²) in [6.07, 6.45) is -0.342. The third-order valence-electron chi connectivity index (χ3n) is 4.93. The van der Waals surface area contributed by atoms with Gasteiger partial charge in [-0.3, -0.25) is 14.3 Å². The molecule has 0 saturated heterocycles. The molecule has 0 spiro atoms. The van der Waals surface area contributed by atoms with Crippen molar-refractivity contribution in [2.75, 3.05) is 11.1 Å². The lowest BCUT2D eigenvalue weighted by atomic mass is 10.2. The number of hydrogen-bond acceptors (Lipinski definition) is 7. The smallest absolute Gasteiger partial charge is 0.395 e. The Morgan fingerprint density at radius 3 is 2.71 bits per heavy atom. The fraction of sp³-hybridized carbons (Fsp3) is 0.130. The Labute approximate surface area is 196 Å². The maximum Gasteiger partial charge on any atom is 0.586 e. The summed E-state index contributed by atoms with van der Waals surface area (Å²) in [4.78, 5) is 16.7. The summed E-state index contributed by atoms with van der Waals surface area (Å²) in [5, 5.41) is 11.8. The van der Waals surface area contributed by atoms with Crippen LogP contribution in [-0.2, 0) is 4.79 Å². The van der Waals surface area contributed by atoms with Gasteiger partial charge >= 0.3 is 6.29 Å². The van der Waals surface area contributed by atoms with Crippen LogP contribution in [0.2, 0.25) is 0 Å². The number of hydrogen-bond donors (Lipinski definition) is 1. The van der Waals surface area contributed by atoms with Gasteiger partial charge in [-0.2, -0.15) is 0 Å². The van der Waals surface area contributed by atoms with E-state index in [9.17, 15) is 13.6 Å². The zero-order valence-corrected chi connectivity index (χ0v) is 18.6. The molecule has 0 radical (unpaired) electrons. The molecule has 8 nitrogen and oxygen atoms in total. The average Bonchev–Trinajstić information content (AvgIpc) is 3.37. The van der Waals surface area contributed by atoms with Gasteiger partial charge in [-0.05, 0) is 42.8 Å². The van der Waals surface area contributed by atoms with Crippen LogP contribution < -0.4 is 14.8 Å². The van der Waals surface area contributed by atoms with Crippen LogP contribution in [0.25, 0.3) is 17.1 Å². The van der Waals surface area contributed by atoms with Crippen LogP contribution in [0.3, 0.4) is 0 Å². The Morgan fingerprint density at radius 1 is 1.09 bits per heavy atom. The minimum atomic E-state index is -3.72. The van der Waals surface area contributed by atoms with Gasteiger partial charge in [0.05, 0.1) is 11.4 Å². The molecule has 1 amide bonds. The zero-order chi connectivity index (χ0) is 23.7. The molecule has 11 heteroatoms. The molecular weight excluding hydrogens is 464 g/mol. The van der Waals surface area contributed by atoms with Crippen molar-refractivity contribution in [1.82, 2.24) is 19.7 Å². The van der Waals surface area contributed by atoms with Gasteiger partial charge < -0.3 is 14.8 Å². The van der Waals surface area contributed by atoms with Crippen molar-refractivity contribution in [3.8, 4) is 28.6 Å². The van der Waals surface area contributed by atoms with E-state index in [4.69, 9.17) is 0 Å². The molecule has 5 rings (SSSR count). The van der Waals surface area contributed by atoms with Gasteiger partial charge in [0.2, 0.25) is 5.91 Å². The minimum Gasteiger partial charge on any atom is -0.395 e. The first-order valence-corrected chi connectivity index (χ1v) is 11.1.